The molecule has 1 aromatic heterocycles. The maximum absolute atomic E-state index is 12.3. The third-order valence-electron chi connectivity index (χ3n) is 3.74. The Labute approximate surface area is 156 Å². The summed E-state index contributed by atoms with van der Waals surface area (Å²) in [4.78, 5) is 13.3. The summed E-state index contributed by atoms with van der Waals surface area (Å²) in [7, 11) is -3.61. The second-order valence-electron chi connectivity index (χ2n) is 5.60. The number of rotatable bonds is 7. The Balaban J connectivity index is 1.61. The number of amides is 1. The molecular formula is C19H18N2O3S2. The van der Waals surface area contributed by atoms with Crippen molar-refractivity contribution in [1.29, 1.82) is 0 Å². The number of sulfonamides is 1. The molecular weight excluding hydrogens is 368 g/mol. The van der Waals surface area contributed by atoms with E-state index in [1.807, 2.05) is 47.8 Å². The van der Waals surface area contributed by atoms with Gasteiger partial charge in [0.2, 0.25) is 10.0 Å². The van der Waals surface area contributed by atoms with Gasteiger partial charge in [-0.05, 0) is 41.3 Å². The van der Waals surface area contributed by atoms with E-state index in [0.29, 0.717) is 12.1 Å². The molecule has 0 atom stereocenters. The molecule has 0 aliphatic carbocycles. The number of hydrogen-bond acceptors (Lipinski definition) is 4. The molecule has 0 fully saturated rings. The van der Waals surface area contributed by atoms with Crippen molar-refractivity contribution in [2.24, 2.45) is 0 Å². The number of thiophene rings is 1. The molecule has 0 aliphatic rings. The van der Waals surface area contributed by atoms with Crippen LogP contribution >= 0.6 is 11.3 Å². The minimum atomic E-state index is -3.61. The van der Waals surface area contributed by atoms with E-state index in [9.17, 15) is 13.2 Å². The van der Waals surface area contributed by atoms with Crippen LogP contribution in [0.25, 0.3) is 0 Å². The van der Waals surface area contributed by atoms with Gasteiger partial charge in [-0.2, -0.15) is 0 Å². The topological polar surface area (TPSA) is 75.3 Å². The molecule has 1 heterocycles. The highest BCUT2D eigenvalue weighted by molar-refractivity contribution is 7.89. The first-order valence-corrected chi connectivity index (χ1v) is 10.3. The minimum Gasteiger partial charge on any atom is -0.348 e. The summed E-state index contributed by atoms with van der Waals surface area (Å²) in [5, 5.41) is 4.71. The standard InChI is InChI=1S/C19H18N2O3S2/c22-19(20-13-15-5-2-1-3-6-15)16-8-10-18(11-9-16)26(23,24)21-14-17-7-4-12-25-17/h1-12,21H,13-14H2,(H,20,22). The van der Waals surface area contributed by atoms with Crippen molar-refractivity contribution in [1.82, 2.24) is 10.0 Å². The monoisotopic (exact) mass is 386 g/mol. The first-order chi connectivity index (χ1) is 12.5. The Bertz CT molecular complexity index is 952. The summed E-state index contributed by atoms with van der Waals surface area (Å²) < 4.78 is 27.2. The van der Waals surface area contributed by atoms with Gasteiger partial charge >= 0.3 is 0 Å². The van der Waals surface area contributed by atoms with Crippen LogP contribution in [0.1, 0.15) is 20.8 Å². The van der Waals surface area contributed by atoms with E-state index in [0.717, 1.165) is 10.4 Å². The van der Waals surface area contributed by atoms with Crippen LogP contribution in [0.15, 0.2) is 77.0 Å². The lowest BCUT2D eigenvalue weighted by Crippen LogP contribution is -2.24. The molecule has 134 valence electrons. The van der Waals surface area contributed by atoms with Crippen LogP contribution in [-0.2, 0) is 23.1 Å². The molecule has 7 heteroatoms. The molecule has 2 aromatic carbocycles. The molecule has 0 saturated carbocycles. The third kappa shape index (κ3) is 4.78. The predicted octanol–water partition coefficient (Wildman–Crippen LogP) is 3.16. The zero-order valence-electron chi connectivity index (χ0n) is 13.9. The van der Waals surface area contributed by atoms with E-state index in [4.69, 9.17) is 0 Å². The number of carbonyl (C=O) groups is 1. The van der Waals surface area contributed by atoms with E-state index in [1.165, 1.54) is 35.6 Å². The van der Waals surface area contributed by atoms with Crippen molar-refractivity contribution in [3.63, 3.8) is 0 Å². The molecule has 3 rings (SSSR count). The summed E-state index contributed by atoms with van der Waals surface area (Å²) in [6, 6.07) is 19.2. The van der Waals surface area contributed by atoms with Gasteiger partial charge in [0.1, 0.15) is 0 Å². The van der Waals surface area contributed by atoms with Crippen LogP contribution in [0.2, 0.25) is 0 Å². The van der Waals surface area contributed by atoms with Gasteiger partial charge in [0, 0.05) is 23.5 Å². The summed E-state index contributed by atoms with van der Waals surface area (Å²) in [6.07, 6.45) is 0. The van der Waals surface area contributed by atoms with Gasteiger partial charge in [-0.15, -0.1) is 11.3 Å². The summed E-state index contributed by atoms with van der Waals surface area (Å²) in [5.74, 6) is -0.246. The predicted molar refractivity (Wildman–Crippen MR) is 102 cm³/mol. The summed E-state index contributed by atoms with van der Waals surface area (Å²) in [5.41, 5.74) is 1.41. The molecule has 2 N–H and O–H groups in total. The van der Waals surface area contributed by atoms with Crippen LogP contribution in [0.3, 0.4) is 0 Å². The number of carbonyl (C=O) groups excluding carboxylic acids is 1. The molecule has 26 heavy (non-hydrogen) atoms. The highest BCUT2D eigenvalue weighted by Crippen LogP contribution is 2.13. The molecule has 0 bridgehead atoms. The van der Waals surface area contributed by atoms with Gasteiger partial charge in [-0.3, -0.25) is 4.79 Å². The van der Waals surface area contributed by atoms with Crippen molar-refractivity contribution in [3.05, 3.63) is 88.1 Å². The SMILES string of the molecule is O=C(NCc1ccccc1)c1ccc(S(=O)(=O)NCc2cccs2)cc1. The Hall–Kier alpha value is -2.48. The zero-order chi connectivity index (χ0) is 18.4. The largest absolute Gasteiger partial charge is 0.348 e. The normalized spacial score (nSPS) is 11.2. The molecule has 5 nitrogen and oxygen atoms in total. The maximum atomic E-state index is 12.3. The summed E-state index contributed by atoms with van der Waals surface area (Å²) >= 11 is 1.49. The van der Waals surface area contributed by atoms with Crippen molar-refractivity contribution >= 4 is 27.3 Å². The highest BCUT2D eigenvalue weighted by Gasteiger charge is 2.15. The van der Waals surface area contributed by atoms with E-state index in [1.54, 1.807) is 0 Å². The van der Waals surface area contributed by atoms with Gasteiger partial charge in [0.25, 0.3) is 5.91 Å². The summed E-state index contributed by atoms with van der Waals surface area (Å²) in [6.45, 7) is 0.668. The van der Waals surface area contributed by atoms with Crippen LogP contribution in [0.4, 0.5) is 0 Å². The second-order valence-corrected chi connectivity index (χ2v) is 8.40. The quantitative estimate of drug-likeness (QED) is 0.655. The van der Waals surface area contributed by atoms with Gasteiger partial charge in [-0.1, -0.05) is 36.4 Å². The van der Waals surface area contributed by atoms with Crippen molar-refractivity contribution in [3.8, 4) is 0 Å². The fourth-order valence-corrected chi connectivity index (χ4v) is 4.07. The molecule has 0 radical (unpaired) electrons. The van der Waals surface area contributed by atoms with Gasteiger partial charge in [0.15, 0.2) is 0 Å². The molecule has 0 saturated heterocycles. The average Bonchev–Trinajstić information content (AvgIpc) is 3.19. The van der Waals surface area contributed by atoms with E-state index in [2.05, 4.69) is 10.0 Å². The van der Waals surface area contributed by atoms with Gasteiger partial charge in [0.05, 0.1) is 4.90 Å². The smallest absolute Gasteiger partial charge is 0.251 e. The Morgan fingerprint density at radius 1 is 0.885 bits per heavy atom. The Morgan fingerprint density at radius 3 is 2.27 bits per heavy atom. The van der Waals surface area contributed by atoms with Gasteiger partial charge < -0.3 is 5.32 Å². The van der Waals surface area contributed by atoms with Crippen molar-refractivity contribution in [2.45, 2.75) is 18.0 Å². The van der Waals surface area contributed by atoms with E-state index >= 15 is 0 Å². The fraction of sp³-hybridized carbons (Fsp3) is 0.105. The Morgan fingerprint density at radius 2 is 1.62 bits per heavy atom. The third-order valence-corrected chi connectivity index (χ3v) is 6.03. The van der Waals surface area contributed by atoms with Crippen molar-refractivity contribution in [2.75, 3.05) is 0 Å². The van der Waals surface area contributed by atoms with Gasteiger partial charge in [-0.25, -0.2) is 13.1 Å². The minimum absolute atomic E-state index is 0.133. The van der Waals surface area contributed by atoms with Crippen molar-refractivity contribution < 1.29 is 13.2 Å². The maximum Gasteiger partial charge on any atom is 0.251 e. The number of hydrogen-bond donors (Lipinski definition) is 2. The zero-order valence-corrected chi connectivity index (χ0v) is 15.5. The first-order valence-electron chi connectivity index (χ1n) is 7.99. The Kier molecular flexibility index (Phi) is 5.82. The lowest BCUT2D eigenvalue weighted by Gasteiger charge is -2.08. The molecule has 0 unspecified atom stereocenters. The van der Waals surface area contributed by atoms with Crippen LogP contribution in [0, 0.1) is 0 Å². The molecule has 0 spiro atoms. The van der Waals surface area contributed by atoms with E-state index < -0.39 is 10.0 Å². The molecule has 3 aromatic rings. The lowest BCUT2D eigenvalue weighted by atomic mass is 10.2. The average molecular weight is 386 g/mol. The first kappa shape index (κ1) is 18.3. The number of nitrogens with one attached hydrogen (secondary N) is 2. The van der Waals surface area contributed by atoms with Crippen LogP contribution in [-0.4, -0.2) is 14.3 Å². The van der Waals surface area contributed by atoms with Crippen LogP contribution < -0.4 is 10.0 Å². The lowest BCUT2D eigenvalue weighted by molar-refractivity contribution is 0.0951. The van der Waals surface area contributed by atoms with E-state index in [-0.39, 0.29) is 17.3 Å². The molecule has 0 aliphatic heterocycles. The number of benzene rings is 2. The molecule has 1 amide bonds. The second kappa shape index (κ2) is 8.27. The van der Waals surface area contributed by atoms with Crippen LogP contribution in [0.5, 0.6) is 0 Å². The fourth-order valence-electron chi connectivity index (χ4n) is 2.33. The highest BCUT2D eigenvalue weighted by atomic mass is 32.2.